The zero-order chi connectivity index (χ0) is 18.0. The second kappa shape index (κ2) is 13.1. The SMILES string of the molecule is CCN(CC)CCCNC(=NC)NCC1CCCOC1C(C)(C)C.I. The van der Waals surface area contributed by atoms with E-state index in [4.69, 9.17) is 4.74 Å². The van der Waals surface area contributed by atoms with Crippen molar-refractivity contribution in [3.63, 3.8) is 0 Å². The van der Waals surface area contributed by atoms with Crippen LogP contribution in [0.3, 0.4) is 0 Å². The molecule has 0 amide bonds. The van der Waals surface area contributed by atoms with E-state index >= 15 is 0 Å². The summed E-state index contributed by atoms with van der Waals surface area (Å²) in [7, 11) is 1.85. The zero-order valence-electron chi connectivity index (χ0n) is 17.2. The lowest BCUT2D eigenvalue weighted by molar-refractivity contribution is -0.0835. The molecule has 1 aliphatic rings. The van der Waals surface area contributed by atoms with Gasteiger partial charge in [0.1, 0.15) is 0 Å². The topological polar surface area (TPSA) is 48.9 Å². The monoisotopic (exact) mass is 468 g/mol. The number of halogens is 1. The van der Waals surface area contributed by atoms with Gasteiger partial charge in [-0.05, 0) is 44.3 Å². The van der Waals surface area contributed by atoms with Crippen molar-refractivity contribution in [1.82, 2.24) is 15.5 Å². The highest BCUT2D eigenvalue weighted by Crippen LogP contribution is 2.33. The molecule has 0 bridgehead atoms. The molecule has 0 aromatic rings. The summed E-state index contributed by atoms with van der Waals surface area (Å²) in [6, 6.07) is 0. The minimum Gasteiger partial charge on any atom is -0.377 e. The summed E-state index contributed by atoms with van der Waals surface area (Å²) in [6.07, 6.45) is 3.85. The first-order valence-corrected chi connectivity index (χ1v) is 9.70. The molecule has 2 unspecified atom stereocenters. The Morgan fingerprint density at radius 3 is 2.44 bits per heavy atom. The van der Waals surface area contributed by atoms with Crippen LogP contribution in [0.4, 0.5) is 0 Å². The van der Waals surface area contributed by atoms with Crippen molar-refractivity contribution in [2.75, 3.05) is 46.4 Å². The number of hydrogen-bond donors (Lipinski definition) is 2. The van der Waals surface area contributed by atoms with Crippen molar-refractivity contribution in [2.45, 2.75) is 60.0 Å². The maximum Gasteiger partial charge on any atom is 0.190 e. The van der Waals surface area contributed by atoms with Crippen molar-refractivity contribution >= 4 is 29.9 Å². The number of aliphatic imine (C=N–C) groups is 1. The highest BCUT2D eigenvalue weighted by Gasteiger charge is 2.35. The quantitative estimate of drug-likeness (QED) is 0.248. The van der Waals surface area contributed by atoms with E-state index in [1.807, 2.05) is 7.05 Å². The highest BCUT2D eigenvalue weighted by atomic mass is 127. The number of guanidine groups is 1. The van der Waals surface area contributed by atoms with Gasteiger partial charge in [0.2, 0.25) is 0 Å². The van der Waals surface area contributed by atoms with E-state index in [2.05, 4.69) is 55.1 Å². The largest absolute Gasteiger partial charge is 0.377 e. The summed E-state index contributed by atoms with van der Waals surface area (Å²) < 4.78 is 6.06. The first kappa shape index (κ1) is 24.9. The number of nitrogens with one attached hydrogen (secondary N) is 2. The van der Waals surface area contributed by atoms with Crippen LogP contribution >= 0.6 is 24.0 Å². The Bertz CT molecular complexity index is 367. The lowest BCUT2D eigenvalue weighted by Crippen LogP contribution is -2.47. The average molecular weight is 468 g/mol. The molecule has 6 heteroatoms. The summed E-state index contributed by atoms with van der Waals surface area (Å²) >= 11 is 0. The second-order valence-corrected chi connectivity index (χ2v) is 7.82. The average Bonchev–Trinajstić information content (AvgIpc) is 2.57. The molecule has 1 saturated heterocycles. The zero-order valence-corrected chi connectivity index (χ0v) is 19.6. The van der Waals surface area contributed by atoms with Crippen LogP contribution in [0.25, 0.3) is 0 Å². The third-order valence-electron chi connectivity index (χ3n) is 4.89. The van der Waals surface area contributed by atoms with Crippen molar-refractivity contribution in [3.05, 3.63) is 0 Å². The van der Waals surface area contributed by atoms with Gasteiger partial charge in [0.15, 0.2) is 5.96 Å². The molecule has 0 saturated carbocycles. The van der Waals surface area contributed by atoms with E-state index in [1.165, 1.54) is 6.42 Å². The van der Waals surface area contributed by atoms with E-state index in [1.54, 1.807) is 0 Å². The van der Waals surface area contributed by atoms with Crippen molar-refractivity contribution in [1.29, 1.82) is 0 Å². The third kappa shape index (κ3) is 9.43. The molecular weight excluding hydrogens is 427 g/mol. The van der Waals surface area contributed by atoms with Crippen LogP contribution in [-0.2, 0) is 4.74 Å². The Balaban J connectivity index is 0.00000576. The van der Waals surface area contributed by atoms with Gasteiger partial charge in [0.05, 0.1) is 6.10 Å². The number of hydrogen-bond acceptors (Lipinski definition) is 3. The van der Waals surface area contributed by atoms with Gasteiger partial charge in [-0.25, -0.2) is 0 Å². The lowest BCUT2D eigenvalue weighted by atomic mass is 9.78. The molecule has 1 rings (SSSR count). The molecule has 25 heavy (non-hydrogen) atoms. The van der Waals surface area contributed by atoms with Gasteiger partial charge in [-0.1, -0.05) is 34.6 Å². The Hall–Kier alpha value is -0.0800. The number of ether oxygens (including phenoxy) is 1. The molecule has 2 N–H and O–H groups in total. The first-order chi connectivity index (χ1) is 11.4. The maximum atomic E-state index is 6.06. The molecule has 2 atom stereocenters. The van der Waals surface area contributed by atoms with Gasteiger partial charge in [-0.15, -0.1) is 24.0 Å². The molecule has 0 aromatic carbocycles. The fourth-order valence-corrected chi connectivity index (χ4v) is 3.51. The van der Waals surface area contributed by atoms with E-state index in [0.29, 0.717) is 12.0 Å². The van der Waals surface area contributed by atoms with Gasteiger partial charge in [0.25, 0.3) is 0 Å². The van der Waals surface area contributed by atoms with Crippen molar-refractivity contribution < 1.29 is 4.74 Å². The van der Waals surface area contributed by atoms with E-state index < -0.39 is 0 Å². The molecule has 1 fully saturated rings. The van der Waals surface area contributed by atoms with E-state index in [-0.39, 0.29) is 29.4 Å². The standard InChI is InChI=1S/C19H40N4O.HI/c1-7-23(8-2)13-10-12-21-18(20-6)22-15-16-11-9-14-24-17(16)19(3,4)5;/h16-17H,7-15H2,1-6H3,(H2,20,21,22);1H. The molecule has 5 nitrogen and oxygen atoms in total. The van der Waals surface area contributed by atoms with Crippen LogP contribution in [0.5, 0.6) is 0 Å². The minimum absolute atomic E-state index is 0. The maximum absolute atomic E-state index is 6.06. The molecule has 1 aliphatic heterocycles. The van der Waals surface area contributed by atoms with E-state index in [9.17, 15) is 0 Å². The second-order valence-electron chi connectivity index (χ2n) is 7.82. The number of nitrogens with zero attached hydrogens (tertiary/aromatic N) is 2. The highest BCUT2D eigenvalue weighted by molar-refractivity contribution is 14.0. The first-order valence-electron chi connectivity index (χ1n) is 9.70. The van der Waals surface area contributed by atoms with Gasteiger partial charge < -0.3 is 20.3 Å². The normalized spacial score (nSPS) is 21.8. The predicted molar refractivity (Wildman–Crippen MR) is 119 cm³/mol. The smallest absolute Gasteiger partial charge is 0.190 e. The van der Waals surface area contributed by atoms with Gasteiger partial charge in [0, 0.05) is 32.7 Å². The molecule has 150 valence electrons. The Kier molecular flexibility index (Phi) is 13.1. The summed E-state index contributed by atoms with van der Waals surface area (Å²) in [5.41, 5.74) is 0.188. The summed E-state index contributed by atoms with van der Waals surface area (Å²) in [5.74, 6) is 1.46. The molecular formula is C19H41IN4O. The molecule has 0 radical (unpaired) electrons. The molecule has 1 heterocycles. The summed E-state index contributed by atoms with van der Waals surface area (Å²) in [5, 5.41) is 6.94. The van der Waals surface area contributed by atoms with Crippen LogP contribution in [-0.4, -0.2) is 63.3 Å². The van der Waals surface area contributed by atoms with Gasteiger partial charge in [-0.3, -0.25) is 4.99 Å². The fraction of sp³-hybridized carbons (Fsp3) is 0.947. The molecule has 0 aromatic heterocycles. The van der Waals surface area contributed by atoms with Crippen LogP contribution in [0.1, 0.15) is 53.9 Å². The van der Waals surface area contributed by atoms with Gasteiger partial charge in [-0.2, -0.15) is 0 Å². The predicted octanol–water partition coefficient (Wildman–Crippen LogP) is 3.34. The third-order valence-corrected chi connectivity index (χ3v) is 4.89. The van der Waals surface area contributed by atoms with Crippen LogP contribution in [0, 0.1) is 11.3 Å². The van der Waals surface area contributed by atoms with E-state index in [0.717, 1.165) is 58.1 Å². The van der Waals surface area contributed by atoms with Crippen molar-refractivity contribution in [3.8, 4) is 0 Å². The lowest BCUT2D eigenvalue weighted by Gasteiger charge is -2.40. The molecule has 0 spiro atoms. The Labute approximate surface area is 172 Å². The van der Waals surface area contributed by atoms with Gasteiger partial charge >= 0.3 is 0 Å². The van der Waals surface area contributed by atoms with Crippen LogP contribution in [0.2, 0.25) is 0 Å². The fourth-order valence-electron chi connectivity index (χ4n) is 3.51. The number of rotatable bonds is 8. The Morgan fingerprint density at radius 1 is 1.20 bits per heavy atom. The minimum atomic E-state index is 0. The van der Waals surface area contributed by atoms with Crippen molar-refractivity contribution in [2.24, 2.45) is 16.3 Å². The summed E-state index contributed by atoms with van der Waals surface area (Å²) in [6.45, 7) is 17.4. The Morgan fingerprint density at radius 2 is 1.88 bits per heavy atom. The van der Waals surface area contributed by atoms with Crippen LogP contribution < -0.4 is 10.6 Å². The van der Waals surface area contributed by atoms with Crippen LogP contribution in [0.15, 0.2) is 4.99 Å². The molecule has 0 aliphatic carbocycles. The summed E-state index contributed by atoms with van der Waals surface area (Å²) in [4.78, 5) is 6.81.